The number of hydrogen-bond donors (Lipinski definition) is 0. The van der Waals surface area contributed by atoms with Crippen molar-refractivity contribution >= 4 is 12.6 Å². The number of aldehydes is 2. The van der Waals surface area contributed by atoms with Crippen LogP contribution in [-0.2, 0) is 0 Å². The molecule has 2 aromatic carbocycles. The Balaban J connectivity index is 2.59. The third-order valence-corrected chi connectivity index (χ3v) is 3.07. The van der Waals surface area contributed by atoms with Crippen LogP contribution in [0.25, 0.3) is 11.1 Å². The Hall–Kier alpha value is -2.22. The summed E-state index contributed by atoms with van der Waals surface area (Å²) in [4.78, 5) is 21.7. The van der Waals surface area contributed by atoms with Gasteiger partial charge in [0.1, 0.15) is 12.6 Å². The lowest BCUT2D eigenvalue weighted by Crippen LogP contribution is -1.92. The first-order valence-corrected chi connectivity index (χ1v) is 5.77. The zero-order valence-corrected chi connectivity index (χ0v) is 10.4. The van der Waals surface area contributed by atoms with Crippen LogP contribution in [0.5, 0.6) is 0 Å². The molecule has 18 heavy (non-hydrogen) atoms. The molecule has 0 amide bonds. The molecule has 2 rings (SSSR count). The molecule has 0 aliphatic carbocycles. The van der Waals surface area contributed by atoms with E-state index in [2.05, 4.69) is 0 Å². The van der Waals surface area contributed by atoms with E-state index in [1.165, 1.54) is 0 Å². The monoisotopic (exact) mass is 238 g/mol. The minimum Gasteiger partial charge on any atom is -0.298 e. The number of carbonyl (C=O) groups is 2. The van der Waals surface area contributed by atoms with Crippen LogP contribution in [0.1, 0.15) is 31.8 Å². The molecule has 2 aromatic rings. The Morgan fingerprint density at radius 1 is 0.889 bits per heavy atom. The molecular weight excluding hydrogens is 224 g/mol. The van der Waals surface area contributed by atoms with Gasteiger partial charge in [0.05, 0.1) is 0 Å². The molecule has 2 nitrogen and oxygen atoms in total. The van der Waals surface area contributed by atoms with Crippen LogP contribution in [-0.4, -0.2) is 12.6 Å². The summed E-state index contributed by atoms with van der Waals surface area (Å²) in [5.41, 5.74) is 5.40. The molecule has 0 heterocycles. The van der Waals surface area contributed by atoms with Crippen molar-refractivity contribution in [1.29, 1.82) is 0 Å². The first-order chi connectivity index (χ1) is 8.65. The van der Waals surface area contributed by atoms with E-state index in [9.17, 15) is 9.59 Å². The van der Waals surface area contributed by atoms with Crippen LogP contribution in [0.3, 0.4) is 0 Å². The third-order valence-electron chi connectivity index (χ3n) is 3.07. The van der Waals surface area contributed by atoms with Crippen LogP contribution < -0.4 is 0 Å². The first kappa shape index (κ1) is 12.2. The third kappa shape index (κ3) is 2.23. The summed E-state index contributed by atoms with van der Waals surface area (Å²) >= 11 is 0. The predicted octanol–water partition coefficient (Wildman–Crippen LogP) is 3.60. The summed E-state index contributed by atoms with van der Waals surface area (Å²) in [6, 6.07) is 11.3. The Morgan fingerprint density at radius 2 is 1.67 bits per heavy atom. The lowest BCUT2D eigenvalue weighted by atomic mass is 9.94. The van der Waals surface area contributed by atoms with Gasteiger partial charge in [-0.15, -0.1) is 0 Å². The lowest BCUT2D eigenvalue weighted by molar-refractivity contribution is 0.111. The number of rotatable bonds is 3. The fourth-order valence-electron chi connectivity index (χ4n) is 2.06. The van der Waals surface area contributed by atoms with Gasteiger partial charge in [-0.2, -0.15) is 0 Å². The zero-order valence-electron chi connectivity index (χ0n) is 10.4. The van der Waals surface area contributed by atoms with Crippen LogP contribution in [0.15, 0.2) is 36.4 Å². The minimum absolute atomic E-state index is 0.656. The van der Waals surface area contributed by atoms with Crippen molar-refractivity contribution in [3.8, 4) is 11.1 Å². The molecule has 0 fully saturated rings. The van der Waals surface area contributed by atoms with Crippen molar-refractivity contribution in [2.75, 3.05) is 0 Å². The van der Waals surface area contributed by atoms with E-state index in [0.29, 0.717) is 11.1 Å². The van der Waals surface area contributed by atoms with Gasteiger partial charge in [-0.25, -0.2) is 0 Å². The van der Waals surface area contributed by atoms with Gasteiger partial charge in [-0.05, 0) is 48.2 Å². The Labute approximate surface area is 106 Å². The zero-order chi connectivity index (χ0) is 13.1. The standard InChI is InChI=1S/C16H14O2/c1-11-7-16(12(2)6-15(11)10-18)14-5-3-4-13(8-14)9-17/h3-10H,1-2H3. The van der Waals surface area contributed by atoms with Crippen molar-refractivity contribution in [2.45, 2.75) is 13.8 Å². The van der Waals surface area contributed by atoms with Crippen LogP contribution in [0, 0.1) is 13.8 Å². The van der Waals surface area contributed by atoms with E-state index in [1.54, 1.807) is 6.07 Å². The highest BCUT2D eigenvalue weighted by Crippen LogP contribution is 2.26. The maximum Gasteiger partial charge on any atom is 0.150 e. The van der Waals surface area contributed by atoms with Gasteiger partial charge in [0.25, 0.3) is 0 Å². The van der Waals surface area contributed by atoms with Gasteiger partial charge in [0.15, 0.2) is 0 Å². The molecule has 0 aliphatic rings. The Kier molecular flexibility index (Phi) is 3.38. The molecule has 2 heteroatoms. The van der Waals surface area contributed by atoms with E-state index in [4.69, 9.17) is 0 Å². The fraction of sp³-hybridized carbons (Fsp3) is 0.125. The topological polar surface area (TPSA) is 34.1 Å². The van der Waals surface area contributed by atoms with Gasteiger partial charge < -0.3 is 0 Å². The summed E-state index contributed by atoms with van der Waals surface area (Å²) in [7, 11) is 0. The predicted molar refractivity (Wildman–Crippen MR) is 72.1 cm³/mol. The summed E-state index contributed by atoms with van der Waals surface area (Å²) in [5.74, 6) is 0. The maximum absolute atomic E-state index is 10.9. The molecule has 0 saturated carbocycles. The van der Waals surface area contributed by atoms with Gasteiger partial charge in [-0.1, -0.05) is 24.3 Å². The normalized spacial score (nSPS) is 10.1. The molecule has 0 saturated heterocycles. The van der Waals surface area contributed by atoms with Crippen molar-refractivity contribution in [1.82, 2.24) is 0 Å². The number of benzene rings is 2. The molecule has 0 atom stereocenters. The largest absolute Gasteiger partial charge is 0.298 e. The van der Waals surface area contributed by atoms with E-state index >= 15 is 0 Å². The lowest BCUT2D eigenvalue weighted by Gasteiger charge is -2.10. The molecule has 0 spiro atoms. The number of aryl methyl sites for hydroxylation is 2. The summed E-state index contributed by atoms with van der Waals surface area (Å²) < 4.78 is 0. The molecular formula is C16H14O2. The average Bonchev–Trinajstić information content (AvgIpc) is 2.41. The second-order valence-corrected chi connectivity index (χ2v) is 4.38. The second kappa shape index (κ2) is 4.96. The van der Waals surface area contributed by atoms with E-state index < -0.39 is 0 Å². The molecule has 0 aromatic heterocycles. The highest BCUT2D eigenvalue weighted by molar-refractivity contribution is 5.83. The summed E-state index contributed by atoms with van der Waals surface area (Å²) in [6.07, 6.45) is 1.71. The van der Waals surface area contributed by atoms with E-state index in [0.717, 1.165) is 34.8 Å². The van der Waals surface area contributed by atoms with Crippen molar-refractivity contribution in [2.24, 2.45) is 0 Å². The highest BCUT2D eigenvalue weighted by Gasteiger charge is 2.06. The number of hydrogen-bond acceptors (Lipinski definition) is 2. The number of carbonyl (C=O) groups excluding carboxylic acids is 2. The van der Waals surface area contributed by atoms with Crippen molar-refractivity contribution in [3.05, 3.63) is 58.7 Å². The Bertz CT molecular complexity index is 612. The molecule has 0 N–H and O–H groups in total. The maximum atomic E-state index is 10.9. The Morgan fingerprint density at radius 3 is 2.33 bits per heavy atom. The minimum atomic E-state index is 0.656. The first-order valence-electron chi connectivity index (χ1n) is 5.77. The van der Waals surface area contributed by atoms with Gasteiger partial charge >= 0.3 is 0 Å². The van der Waals surface area contributed by atoms with E-state index in [-0.39, 0.29) is 0 Å². The fourth-order valence-corrected chi connectivity index (χ4v) is 2.06. The van der Waals surface area contributed by atoms with Gasteiger partial charge in [0, 0.05) is 11.1 Å². The summed E-state index contributed by atoms with van der Waals surface area (Å²) in [6.45, 7) is 3.88. The molecule has 0 bridgehead atoms. The second-order valence-electron chi connectivity index (χ2n) is 4.38. The smallest absolute Gasteiger partial charge is 0.150 e. The van der Waals surface area contributed by atoms with Crippen LogP contribution in [0.2, 0.25) is 0 Å². The van der Waals surface area contributed by atoms with Gasteiger partial charge in [-0.3, -0.25) is 9.59 Å². The van der Waals surface area contributed by atoms with E-state index in [1.807, 2.05) is 44.2 Å². The van der Waals surface area contributed by atoms with Crippen molar-refractivity contribution < 1.29 is 9.59 Å². The average molecular weight is 238 g/mol. The molecule has 90 valence electrons. The summed E-state index contributed by atoms with van der Waals surface area (Å²) in [5, 5.41) is 0. The molecule has 0 aliphatic heterocycles. The van der Waals surface area contributed by atoms with Crippen LogP contribution in [0.4, 0.5) is 0 Å². The van der Waals surface area contributed by atoms with Crippen molar-refractivity contribution in [3.63, 3.8) is 0 Å². The van der Waals surface area contributed by atoms with Crippen LogP contribution >= 0.6 is 0 Å². The van der Waals surface area contributed by atoms with Gasteiger partial charge in [0.2, 0.25) is 0 Å². The molecule has 0 radical (unpaired) electrons. The SMILES string of the molecule is Cc1cc(-c2cccc(C=O)c2)c(C)cc1C=O. The highest BCUT2D eigenvalue weighted by atomic mass is 16.1. The molecule has 0 unspecified atom stereocenters. The quantitative estimate of drug-likeness (QED) is 0.766.